The second-order valence-electron chi connectivity index (χ2n) is 5.92. The number of rotatable bonds is 7. The summed E-state index contributed by atoms with van der Waals surface area (Å²) in [7, 11) is 1.60. The molecule has 5 nitrogen and oxygen atoms in total. The van der Waals surface area contributed by atoms with Crippen molar-refractivity contribution in [2.75, 3.05) is 25.6 Å². The fourth-order valence-corrected chi connectivity index (χ4v) is 3.81. The lowest BCUT2D eigenvalue weighted by molar-refractivity contribution is -0.136. The summed E-state index contributed by atoms with van der Waals surface area (Å²) in [5.41, 5.74) is 2.36. The molecule has 2 amide bonds. The van der Waals surface area contributed by atoms with E-state index in [0.717, 1.165) is 16.1 Å². The van der Waals surface area contributed by atoms with E-state index in [4.69, 9.17) is 16.3 Å². The van der Waals surface area contributed by atoms with Gasteiger partial charge < -0.3 is 10.1 Å². The van der Waals surface area contributed by atoms with Crippen molar-refractivity contribution >= 4 is 46.0 Å². The summed E-state index contributed by atoms with van der Waals surface area (Å²) < 4.78 is 5.03. The van der Waals surface area contributed by atoms with Gasteiger partial charge in [0.2, 0.25) is 0 Å². The van der Waals surface area contributed by atoms with Gasteiger partial charge in [-0.25, -0.2) is 0 Å². The number of hydrogen-bond donors (Lipinski definition) is 1. The number of halogens is 1. The number of aryl methyl sites for hydroxylation is 1. The topological polar surface area (TPSA) is 58.6 Å². The van der Waals surface area contributed by atoms with E-state index in [9.17, 15) is 9.59 Å². The first kappa shape index (κ1) is 18.6. The number of benzene rings is 1. The number of hydrogen-bond acceptors (Lipinski definition) is 5. The van der Waals surface area contributed by atoms with Crippen LogP contribution in [-0.2, 0) is 14.3 Å². The predicted molar refractivity (Wildman–Crippen MR) is 104 cm³/mol. The van der Waals surface area contributed by atoms with Gasteiger partial charge in [-0.3, -0.25) is 14.5 Å². The molecule has 1 aliphatic heterocycles. The molecular formula is C19H19ClN2O3S. The summed E-state index contributed by atoms with van der Waals surface area (Å²) in [6.07, 6.45) is 0.596. The molecule has 2 aromatic rings. The van der Waals surface area contributed by atoms with E-state index in [2.05, 4.69) is 5.32 Å². The quantitative estimate of drug-likeness (QED) is 0.574. The lowest BCUT2D eigenvalue weighted by Crippen LogP contribution is -2.33. The van der Waals surface area contributed by atoms with Crippen molar-refractivity contribution in [1.82, 2.24) is 4.90 Å². The fraction of sp³-hybridized carbons (Fsp3) is 0.263. The van der Waals surface area contributed by atoms with Crippen LogP contribution in [0.25, 0.3) is 5.57 Å². The van der Waals surface area contributed by atoms with Crippen molar-refractivity contribution < 1.29 is 14.3 Å². The third-order valence-electron chi connectivity index (χ3n) is 4.11. The van der Waals surface area contributed by atoms with E-state index in [1.165, 1.54) is 16.2 Å². The Morgan fingerprint density at radius 3 is 2.69 bits per heavy atom. The zero-order valence-corrected chi connectivity index (χ0v) is 16.1. The van der Waals surface area contributed by atoms with Crippen molar-refractivity contribution in [3.63, 3.8) is 0 Å². The molecular weight excluding hydrogens is 372 g/mol. The smallest absolute Gasteiger partial charge is 0.278 e. The summed E-state index contributed by atoms with van der Waals surface area (Å²) in [6, 6.07) is 9.08. The van der Waals surface area contributed by atoms with Crippen LogP contribution in [-0.4, -0.2) is 37.0 Å². The molecule has 0 saturated carbocycles. The van der Waals surface area contributed by atoms with Crippen LogP contribution in [0.4, 0.5) is 5.69 Å². The first-order chi connectivity index (χ1) is 12.5. The number of carbonyl (C=O) groups is 2. The van der Waals surface area contributed by atoms with Gasteiger partial charge in [0.1, 0.15) is 5.70 Å². The highest BCUT2D eigenvalue weighted by Crippen LogP contribution is 2.33. The van der Waals surface area contributed by atoms with Crippen molar-refractivity contribution in [2.24, 2.45) is 0 Å². The first-order valence-electron chi connectivity index (χ1n) is 8.19. The van der Waals surface area contributed by atoms with Gasteiger partial charge in [-0.15, -0.1) is 11.3 Å². The second kappa shape index (κ2) is 8.03. The van der Waals surface area contributed by atoms with Gasteiger partial charge in [0.05, 0.1) is 5.57 Å². The number of nitrogens with zero attached hydrogens (tertiary/aromatic N) is 1. The molecule has 0 spiro atoms. The molecule has 1 N–H and O–H groups in total. The maximum absolute atomic E-state index is 12.9. The Morgan fingerprint density at radius 2 is 2.04 bits per heavy atom. The maximum Gasteiger partial charge on any atom is 0.278 e. The minimum Gasteiger partial charge on any atom is -0.385 e. The number of nitrogens with one attached hydrogen (secondary N) is 1. The average Bonchev–Trinajstić information content (AvgIpc) is 3.20. The first-order valence-corrected chi connectivity index (χ1v) is 9.45. The number of thiophene rings is 1. The molecule has 0 atom stereocenters. The number of methoxy groups -OCH3 is 1. The zero-order chi connectivity index (χ0) is 18.7. The summed E-state index contributed by atoms with van der Waals surface area (Å²) in [4.78, 5) is 27.9. The number of carbonyl (C=O) groups excluding carboxylic acids is 2. The van der Waals surface area contributed by atoms with Crippen molar-refractivity contribution in [1.29, 1.82) is 0 Å². The lowest BCUT2D eigenvalue weighted by Gasteiger charge is -2.15. The molecule has 1 aliphatic rings. The Hall–Kier alpha value is -2.15. The van der Waals surface area contributed by atoms with E-state index in [1.54, 1.807) is 13.2 Å². The number of imide groups is 1. The Labute approximate surface area is 161 Å². The highest BCUT2D eigenvalue weighted by molar-refractivity contribution is 7.11. The van der Waals surface area contributed by atoms with Crippen LogP contribution >= 0.6 is 22.9 Å². The van der Waals surface area contributed by atoms with Gasteiger partial charge in [-0.05, 0) is 48.6 Å². The van der Waals surface area contributed by atoms with Gasteiger partial charge in [0.15, 0.2) is 0 Å². The Balaban J connectivity index is 1.96. The van der Waals surface area contributed by atoms with Crippen molar-refractivity contribution in [2.45, 2.75) is 13.3 Å². The Morgan fingerprint density at radius 1 is 1.23 bits per heavy atom. The molecule has 7 heteroatoms. The highest BCUT2D eigenvalue weighted by atomic mass is 35.5. The van der Waals surface area contributed by atoms with E-state index in [-0.39, 0.29) is 11.8 Å². The van der Waals surface area contributed by atoms with E-state index in [0.29, 0.717) is 35.9 Å². The van der Waals surface area contributed by atoms with E-state index in [1.807, 2.05) is 36.6 Å². The Bertz CT molecular complexity index is 862. The van der Waals surface area contributed by atoms with Gasteiger partial charge in [-0.2, -0.15) is 0 Å². The molecule has 0 fully saturated rings. The van der Waals surface area contributed by atoms with Gasteiger partial charge in [0, 0.05) is 35.8 Å². The molecule has 0 aliphatic carbocycles. The van der Waals surface area contributed by atoms with Crippen LogP contribution in [0.2, 0.25) is 5.02 Å². The van der Waals surface area contributed by atoms with E-state index >= 15 is 0 Å². The molecule has 0 bridgehead atoms. The van der Waals surface area contributed by atoms with Crippen molar-refractivity contribution in [3.8, 4) is 0 Å². The number of ether oxygens (including phenoxy) is 1. The maximum atomic E-state index is 12.9. The van der Waals surface area contributed by atoms with Crippen LogP contribution in [0.1, 0.15) is 16.9 Å². The van der Waals surface area contributed by atoms with Crippen LogP contribution in [0.3, 0.4) is 0 Å². The minimum atomic E-state index is -0.316. The van der Waals surface area contributed by atoms with Gasteiger partial charge in [0.25, 0.3) is 11.8 Å². The van der Waals surface area contributed by atoms with Crippen LogP contribution < -0.4 is 5.32 Å². The molecule has 0 saturated heterocycles. The highest BCUT2D eigenvalue weighted by Gasteiger charge is 2.39. The third kappa shape index (κ3) is 3.67. The largest absolute Gasteiger partial charge is 0.385 e. The molecule has 26 heavy (non-hydrogen) atoms. The van der Waals surface area contributed by atoms with Crippen LogP contribution in [0.15, 0.2) is 41.4 Å². The molecule has 136 valence electrons. The summed E-state index contributed by atoms with van der Waals surface area (Å²) in [5.74, 6) is -0.591. The zero-order valence-electron chi connectivity index (χ0n) is 14.5. The number of anilines is 1. The fourth-order valence-electron chi connectivity index (χ4n) is 2.81. The van der Waals surface area contributed by atoms with Gasteiger partial charge >= 0.3 is 0 Å². The van der Waals surface area contributed by atoms with Crippen LogP contribution in [0.5, 0.6) is 0 Å². The molecule has 2 heterocycles. The normalized spacial score (nSPS) is 14.5. The van der Waals surface area contributed by atoms with Gasteiger partial charge in [-0.1, -0.05) is 17.7 Å². The summed E-state index contributed by atoms with van der Waals surface area (Å²) in [5, 5.41) is 5.67. The molecule has 1 aromatic heterocycles. The molecule has 3 rings (SSSR count). The predicted octanol–water partition coefficient (Wildman–Crippen LogP) is 3.94. The molecule has 0 radical (unpaired) electrons. The summed E-state index contributed by atoms with van der Waals surface area (Å²) >= 11 is 7.44. The third-order valence-corrected chi connectivity index (χ3v) is 5.24. The van der Waals surface area contributed by atoms with E-state index < -0.39 is 0 Å². The minimum absolute atomic E-state index is 0.275. The monoisotopic (exact) mass is 390 g/mol. The van der Waals surface area contributed by atoms with Crippen LogP contribution in [0, 0.1) is 6.92 Å². The lowest BCUT2D eigenvalue weighted by atomic mass is 10.1. The summed E-state index contributed by atoms with van der Waals surface area (Å²) in [6.45, 7) is 2.72. The standard InChI is InChI=1S/C19H19ClN2O3S/c1-12-11-13(20)6-7-14(12)21-17-16(15-5-3-10-26-15)18(23)22(19(17)24)8-4-9-25-2/h3,5-7,10-11,21H,4,8-9H2,1-2H3. The second-order valence-corrected chi connectivity index (χ2v) is 7.30. The molecule has 0 unspecified atom stereocenters. The molecule has 1 aromatic carbocycles. The SMILES string of the molecule is COCCCN1C(=O)C(Nc2ccc(Cl)cc2C)=C(c2cccs2)C1=O. The average molecular weight is 391 g/mol. The number of amides is 2. The van der Waals surface area contributed by atoms with Crippen molar-refractivity contribution in [3.05, 3.63) is 56.9 Å². The Kier molecular flexibility index (Phi) is 5.76.